The Balaban J connectivity index is 2.17. The molecular formula is C13H16N2O5. The third-order valence-electron chi connectivity index (χ3n) is 3.00. The lowest BCUT2D eigenvalue weighted by Crippen LogP contribution is -2.43. The summed E-state index contributed by atoms with van der Waals surface area (Å²) >= 11 is 0. The van der Waals surface area contributed by atoms with Crippen LogP contribution in [0.5, 0.6) is 5.75 Å². The quantitative estimate of drug-likeness (QED) is 0.870. The average Bonchev–Trinajstić information content (AvgIpc) is 2.47. The van der Waals surface area contributed by atoms with E-state index in [0.29, 0.717) is 32.1 Å². The third kappa shape index (κ3) is 3.18. The second-order valence-electron chi connectivity index (χ2n) is 4.25. The number of urea groups is 1. The summed E-state index contributed by atoms with van der Waals surface area (Å²) in [4.78, 5) is 24.8. The molecule has 20 heavy (non-hydrogen) atoms. The highest BCUT2D eigenvalue weighted by molar-refractivity contribution is 6.00. The number of hydrogen-bond donors (Lipinski definition) is 2. The molecule has 7 heteroatoms. The van der Waals surface area contributed by atoms with Crippen molar-refractivity contribution in [2.24, 2.45) is 0 Å². The highest BCUT2D eigenvalue weighted by Gasteiger charge is 2.19. The number of rotatable bonds is 3. The molecule has 1 heterocycles. The summed E-state index contributed by atoms with van der Waals surface area (Å²) in [5.74, 6) is -0.628. The van der Waals surface area contributed by atoms with Gasteiger partial charge in [0.2, 0.25) is 0 Å². The molecule has 1 aromatic rings. The molecular weight excluding hydrogens is 264 g/mol. The van der Waals surface area contributed by atoms with Crippen molar-refractivity contribution < 1.29 is 24.2 Å². The molecule has 2 N–H and O–H groups in total. The molecule has 1 saturated heterocycles. The number of carbonyl (C=O) groups excluding carboxylic acids is 1. The standard InChI is InChI=1S/C13H16N2O5/c1-19-9-2-3-10(12(16)17)11(8-9)14-13(18)15-4-6-20-7-5-15/h2-3,8H,4-7H2,1H3,(H,14,18)(H,16,17). The Labute approximate surface area is 116 Å². The van der Waals surface area contributed by atoms with Gasteiger partial charge < -0.3 is 24.8 Å². The van der Waals surface area contributed by atoms with Gasteiger partial charge in [0.1, 0.15) is 5.75 Å². The van der Waals surface area contributed by atoms with Crippen molar-refractivity contribution in [3.8, 4) is 5.75 Å². The van der Waals surface area contributed by atoms with Gasteiger partial charge in [-0.15, -0.1) is 0 Å². The normalized spacial score (nSPS) is 14.8. The van der Waals surface area contributed by atoms with E-state index in [2.05, 4.69) is 5.32 Å². The zero-order valence-corrected chi connectivity index (χ0v) is 11.1. The van der Waals surface area contributed by atoms with E-state index in [1.165, 1.54) is 25.3 Å². The van der Waals surface area contributed by atoms with Crippen molar-refractivity contribution in [2.75, 3.05) is 38.7 Å². The lowest BCUT2D eigenvalue weighted by atomic mass is 10.1. The molecule has 7 nitrogen and oxygen atoms in total. The SMILES string of the molecule is COc1ccc(C(=O)O)c(NC(=O)N2CCOCC2)c1. The fraction of sp³-hybridized carbons (Fsp3) is 0.385. The lowest BCUT2D eigenvalue weighted by molar-refractivity contribution is 0.0564. The molecule has 0 saturated carbocycles. The van der Waals surface area contributed by atoms with Crippen LogP contribution in [0.1, 0.15) is 10.4 Å². The zero-order valence-electron chi connectivity index (χ0n) is 11.1. The Bertz CT molecular complexity index is 511. The first-order chi connectivity index (χ1) is 9.61. The molecule has 2 rings (SSSR count). The van der Waals surface area contributed by atoms with Gasteiger partial charge in [-0.3, -0.25) is 0 Å². The van der Waals surface area contributed by atoms with Gasteiger partial charge in [0.25, 0.3) is 0 Å². The summed E-state index contributed by atoms with van der Waals surface area (Å²) in [6.45, 7) is 1.94. The first kappa shape index (κ1) is 14.1. The first-order valence-electron chi connectivity index (χ1n) is 6.17. The van der Waals surface area contributed by atoms with Crippen LogP contribution < -0.4 is 10.1 Å². The van der Waals surface area contributed by atoms with Crippen molar-refractivity contribution >= 4 is 17.7 Å². The molecule has 2 amide bonds. The minimum Gasteiger partial charge on any atom is -0.497 e. The number of carbonyl (C=O) groups is 2. The highest BCUT2D eigenvalue weighted by atomic mass is 16.5. The Morgan fingerprint density at radius 3 is 2.65 bits per heavy atom. The van der Waals surface area contributed by atoms with Crippen molar-refractivity contribution in [1.29, 1.82) is 0 Å². The number of carboxylic acid groups (broad SMARTS) is 1. The molecule has 0 atom stereocenters. The van der Waals surface area contributed by atoms with Gasteiger partial charge in [-0.25, -0.2) is 9.59 Å². The second kappa shape index (κ2) is 6.25. The van der Waals surface area contributed by atoms with Crippen LogP contribution in [-0.2, 0) is 4.74 Å². The Morgan fingerprint density at radius 2 is 2.05 bits per heavy atom. The summed E-state index contributed by atoms with van der Waals surface area (Å²) in [5.41, 5.74) is 0.237. The van der Waals surface area contributed by atoms with Crippen LogP contribution in [0.15, 0.2) is 18.2 Å². The molecule has 1 fully saturated rings. The minimum absolute atomic E-state index is 0.0207. The van der Waals surface area contributed by atoms with Gasteiger partial charge in [-0.1, -0.05) is 0 Å². The molecule has 0 bridgehead atoms. The summed E-state index contributed by atoms with van der Waals surface area (Å²) in [6, 6.07) is 4.08. The van der Waals surface area contributed by atoms with Crippen molar-refractivity contribution in [3.05, 3.63) is 23.8 Å². The number of nitrogens with zero attached hydrogens (tertiary/aromatic N) is 1. The molecule has 1 aromatic carbocycles. The number of nitrogens with one attached hydrogen (secondary N) is 1. The number of benzene rings is 1. The van der Waals surface area contributed by atoms with Crippen molar-refractivity contribution in [1.82, 2.24) is 4.90 Å². The van der Waals surface area contributed by atoms with Crippen molar-refractivity contribution in [2.45, 2.75) is 0 Å². The largest absolute Gasteiger partial charge is 0.497 e. The van der Waals surface area contributed by atoms with E-state index in [0.717, 1.165) is 0 Å². The van der Waals surface area contributed by atoms with E-state index in [-0.39, 0.29) is 17.3 Å². The number of amides is 2. The smallest absolute Gasteiger partial charge is 0.337 e. The maximum atomic E-state index is 12.1. The van der Waals surface area contributed by atoms with E-state index in [4.69, 9.17) is 14.6 Å². The summed E-state index contributed by atoms with van der Waals surface area (Å²) < 4.78 is 10.2. The second-order valence-corrected chi connectivity index (χ2v) is 4.25. The van der Waals surface area contributed by atoms with Crippen LogP contribution in [-0.4, -0.2) is 55.4 Å². The first-order valence-corrected chi connectivity index (χ1v) is 6.17. The maximum absolute atomic E-state index is 12.1. The fourth-order valence-corrected chi connectivity index (χ4v) is 1.90. The van der Waals surface area contributed by atoms with E-state index >= 15 is 0 Å². The van der Waals surface area contributed by atoms with Gasteiger partial charge in [-0.05, 0) is 12.1 Å². The Hall–Kier alpha value is -2.28. The Morgan fingerprint density at radius 1 is 1.35 bits per heavy atom. The number of anilines is 1. The highest BCUT2D eigenvalue weighted by Crippen LogP contribution is 2.23. The average molecular weight is 280 g/mol. The van der Waals surface area contributed by atoms with Gasteiger partial charge in [0, 0.05) is 19.2 Å². The van der Waals surface area contributed by atoms with Gasteiger partial charge >= 0.3 is 12.0 Å². The van der Waals surface area contributed by atoms with E-state index in [9.17, 15) is 9.59 Å². The predicted octanol–water partition coefficient (Wildman–Crippen LogP) is 1.26. The van der Waals surface area contributed by atoms with Crippen LogP contribution in [0.2, 0.25) is 0 Å². The maximum Gasteiger partial charge on any atom is 0.337 e. The third-order valence-corrected chi connectivity index (χ3v) is 3.00. The molecule has 0 unspecified atom stereocenters. The van der Waals surface area contributed by atoms with E-state index in [1.807, 2.05) is 0 Å². The summed E-state index contributed by atoms with van der Waals surface area (Å²) in [5, 5.41) is 11.7. The lowest BCUT2D eigenvalue weighted by Gasteiger charge is -2.27. The van der Waals surface area contributed by atoms with Crippen LogP contribution in [0, 0.1) is 0 Å². The Kier molecular flexibility index (Phi) is 4.41. The number of hydrogen-bond acceptors (Lipinski definition) is 4. The molecule has 0 aromatic heterocycles. The van der Waals surface area contributed by atoms with Crippen LogP contribution in [0.25, 0.3) is 0 Å². The van der Waals surface area contributed by atoms with Gasteiger partial charge in [0.15, 0.2) is 0 Å². The predicted molar refractivity (Wildman–Crippen MR) is 71.4 cm³/mol. The molecule has 0 aliphatic carbocycles. The fourth-order valence-electron chi connectivity index (χ4n) is 1.90. The molecule has 1 aliphatic rings. The van der Waals surface area contributed by atoms with Gasteiger partial charge in [-0.2, -0.15) is 0 Å². The zero-order chi connectivity index (χ0) is 14.5. The number of ether oxygens (including phenoxy) is 2. The summed E-state index contributed by atoms with van der Waals surface area (Å²) in [6.07, 6.45) is 0. The minimum atomic E-state index is -1.11. The molecule has 1 aliphatic heterocycles. The van der Waals surface area contributed by atoms with Crippen LogP contribution >= 0.6 is 0 Å². The van der Waals surface area contributed by atoms with Crippen LogP contribution in [0.3, 0.4) is 0 Å². The molecule has 0 radical (unpaired) electrons. The molecule has 0 spiro atoms. The van der Waals surface area contributed by atoms with E-state index < -0.39 is 5.97 Å². The monoisotopic (exact) mass is 280 g/mol. The number of aromatic carboxylic acids is 1. The van der Waals surface area contributed by atoms with Crippen LogP contribution in [0.4, 0.5) is 10.5 Å². The van der Waals surface area contributed by atoms with Crippen molar-refractivity contribution in [3.63, 3.8) is 0 Å². The number of carboxylic acids is 1. The number of methoxy groups -OCH3 is 1. The van der Waals surface area contributed by atoms with Gasteiger partial charge in [0.05, 0.1) is 31.6 Å². The summed E-state index contributed by atoms with van der Waals surface area (Å²) in [7, 11) is 1.48. The topological polar surface area (TPSA) is 88.1 Å². The van der Waals surface area contributed by atoms with E-state index in [1.54, 1.807) is 4.90 Å². The molecule has 108 valence electrons. The number of morpholine rings is 1.